The maximum Gasteiger partial charge on any atom is 0.335 e. The lowest BCUT2D eigenvalue weighted by atomic mass is 10.2. The highest BCUT2D eigenvalue weighted by molar-refractivity contribution is 7.89. The number of ether oxygens (including phenoxy) is 1. The SMILES string of the molecule is O=C(O)c1ccc(OCCNS(=O)(=O)c2ccc(N3CCCC3=O)cc2)cc1. The number of nitrogens with one attached hydrogen (secondary N) is 1. The van der Waals surface area contributed by atoms with Crippen LogP contribution < -0.4 is 14.4 Å². The summed E-state index contributed by atoms with van der Waals surface area (Å²) in [5.74, 6) is -0.537. The Morgan fingerprint density at radius 2 is 1.79 bits per heavy atom. The molecule has 2 N–H and O–H groups in total. The van der Waals surface area contributed by atoms with Gasteiger partial charge in [-0.1, -0.05) is 0 Å². The van der Waals surface area contributed by atoms with Crippen LogP contribution in [0, 0.1) is 0 Å². The van der Waals surface area contributed by atoms with E-state index in [2.05, 4.69) is 4.72 Å². The molecule has 0 unspecified atom stereocenters. The van der Waals surface area contributed by atoms with Crippen molar-refractivity contribution in [1.82, 2.24) is 4.72 Å². The van der Waals surface area contributed by atoms with E-state index in [1.54, 1.807) is 17.0 Å². The first-order valence-corrected chi connectivity index (χ1v) is 10.2. The number of nitrogens with zero attached hydrogens (tertiary/aromatic N) is 1. The van der Waals surface area contributed by atoms with E-state index >= 15 is 0 Å². The van der Waals surface area contributed by atoms with Gasteiger partial charge in [0.15, 0.2) is 0 Å². The Morgan fingerprint density at radius 1 is 1.11 bits per heavy atom. The fourth-order valence-electron chi connectivity index (χ4n) is 2.85. The third-order valence-electron chi connectivity index (χ3n) is 4.30. The van der Waals surface area contributed by atoms with Crippen LogP contribution in [0.3, 0.4) is 0 Å². The first-order chi connectivity index (χ1) is 13.4. The van der Waals surface area contributed by atoms with Crippen molar-refractivity contribution in [2.45, 2.75) is 17.7 Å². The van der Waals surface area contributed by atoms with Gasteiger partial charge in [0.25, 0.3) is 0 Å². The van der Waals surface area contributed by atoms with Crippen molar-refractivity contribution in [2.24, 2.45) is 0 Å². The molecule has 1 aliphatic heterocycles. The highest BCUT2D eigenvalue weighted by Crippen LogP contribution is 2.22. The largest absolute Gasteiger partial charge is 0.492 e. The molecule has 1 fully saturated rings. The summed E-state index contributed by atoms with van der Waals surface area (Å²) >= 11 is 0. The number of sulfonamides is 1. The first kappa shape index (κ1) is 19.8. The number of carboxylic acid groups (broad SMARTS) is 1. The topological polar surface area (TPSA) is 113 Å². The van der Waals surface area contributed by atoms with Gasteiger partial charge in [-0.25, -0.2) is 17.9 Å². The Bertz CT molecular complexity index is 955. The van der Waals surface area contributed by atoms with E-state index in [4.69, 9.17) is 9.84 Å². The average molecular weight is 404 g/mol. The van der Waals surface area contributed by atoms with Crippen molar-refractivity contribution in [3.63, 3.8) is 0 Å². The molecule has 1 amide bonds. The van der Waals surface area contributed by atoms with Gasteiger partial charge in [0.2, 0.25) is 15.9 Å². The molecule has 0 bridgehead atoms. The highest BCUT2D eigenvalue weighted by Gasteiger charge is 2.22. The normalized spacial score (nSPS) is 14.3. The molecule has 0 aliphatic carbocycles. The molecule has 0 atom stereocenters. The summed E-state index contributed by atoms with van der Waals surface area (Å²) in [6.45, 7) is 0.787. The molecule has 9 heteroatoms. The van der Waals surface area contributed by atoms with E-state index in [9.17, 15) is 18.0 Å². The molecule has 0 spiro atoms. The minimum absolute atomic E-state index is 0.0438. The summed E-state index contributed by atoms with van der Waals surface area (Å²) in [5, 5.41) is 8.84. The number of hydrogen-bond donors (Lipinski definition) is 2. The lowest BCUT2D eigenvalue weighted by molar-refractivity contribution is -0.117. The van der Waals surface area contributed by atoms with Gasteiger partial charge in [0.05, 0.1) is 10.5 Å². The van der Waals surface area contributed by atoms with Crippen LogP contribution in [0.4, 0.5) is 5.69 Å². The third-order valence-corrected chi connectivity index (χ3v) is 5.77. The molecule has 2 aromatic rings. The molecule has 28 heavy (non-hydrogen) atoms. The van der Waals surface area contributed by atoms with Crippen molar-refractivity contribution in [3.8, 4) is 5.75 Å². The molecule has 1 saturated heterocycles. The monoisotopic (exact) mass is 404 g/mol. The van der Waals surface area contributed by atoms with Crippen LogP contribution >= 0.6 is 0 Å². The number of carboxylic acids is 1. The maximum absolute atomic E-state index is 12.3. The van der Waals surface area contributed by atoms with Crippen molar-refractivity contribution >= 4 is 27.6 Å². The van der Waals surface area contributed by atoms with Gasteiger partial charge in [-0.05, 0) is 55.0 Å². The smallest absolute Gasteiger partial charge is 0.335 e. The second-order valence-electron chi connectivity index (χ2n) is 6.22. The zero-order chi connectivity index (χ0) is 20.1. The molecular formula is C19H20N2O6S. The minimum atomic E-state index is -3.70. The average Bonchev–Trinajstić information content (AvgIpc) is 3.11. The Hall–Kier alpha value is -2.91. The van der Waals surface area contributed by atoms with Crippen LogP contribution in [0.1, 0.15) is 23.2 Å². The van der Waals surface area contributed by atoms with Crippen LogP contribution in [0.5, 0.6) is 5.75 Å². The number of hydrogen-bond acceptors (Lipinski definition) is 5. The number of aromatic carboxylic acids is 1. The number of carbonyl (C=O) groups is 2. The fourth-order valence-corrected chi connectivity index (χ4v) is 3.86. The van der Waals surface area contributed by atoms with E-state index in [0.29, 0.717) is 24.4 Å². The summed E-state index contributed by atoms with van der Waals surface area (Å²) in [6, 6.07) is 12.0. The first-order valence-electron chi connectivity index (χ1n) is 8.73. The van der Waals surface area contributed by atoms with E-state index in [0.717, 1.165) is 6.42 Å². The van der Waals surface area contributed by atoms with Crippen LogP contribution in [-0.4, -0.2) is 45.1 Å². The minimum Gasteiger partial charge on any atom is -0.492 e. The van der Waals surface area contributed by atoms with Gasteiger partial charge in [-0.2, -0.15) is 0 Å². The number of carbonyl (C=O) groups excluding carboxylic acids is 1. The Labute approximate surface area is 162 Å². The predicted molar refractivity (Wildman–Crippen MR) is 102 cm³/mol. The number of amides is 1. The highest BCUT2D eigenvalue weighted by atomic mass is 32.2. The summed E-state index contributed by atoms with van der Waals surface area (Å²) in [6.07, 6.45) is 1.32. The number of anilines is 1. The fraction of sp³-hybridized carbons (Fsp3) is 0.263. The number of benzene rings is 2. The molecular weight excluding hydrogens is 384 g/mol. The zero-order valence-corrected chi connectivity index (χ0v) is 15.8. The van der Waals surface area contributed by atoms with Crippen molar-refractivity contribution in [1.29, 1.82) is 0 Å². The van der Waals surface area contributed by atoms with Crippen molar-refractivity contribution in [3.05, 3.63) is 54.1 Å². The summed E-state index contributed by atoms with van der Waals surface area (Å²) in [5.41, 5.74) is 0.835. The standard InChI is InChI=1S/C19H20N2O6S/c22-18-2-1-12-21(18)15-5-9-17(10-6-15)28(25,26)20-11-13-27-16-7-3-14(4-8-16)19(23)24/h3-10,20H,1-2,11-13H2,(H,23,24). The molecule has 0 aromatic heterocycles. The summed E-state index contributed by atoms with van der Waals surface area (Å²) < 4.78 is 32.5. The van der Waals surface area contributed by atoms with E-state index in [-0.39, 0.29) is 29.5 Å². The molecule has 1 aliphatic rings. The summed E-state index contributed by atoms with van der Waals surface area (Å²) in [7, 11) is -3.70. The van der Waals surface area contributed by atoms with Gasteiger partial charge in [-0.15, -0.1) is 0 Å². The van der Waals surface area contributed by atoms with Crippen LogP contribution in [-0.2, 0) is 14.8 Å². The van der Waals surface area contributed by atoms with Gasteiger partial charge in [0, 0.05) is 25.2 Å². The zero-order valence-electron chi connectivity index (χ0n) is 15.0. The van der Waals surface area contributed by atoms with Crippen LogP contribution in [0.25, 0.3) is 0 Å². The molecule has 0 saturated carbocycles. The molecule has 8 nitrogen and oxygen atoms in total. The van der Waals surface area contributed by atoms with E-state index in [1.807, 2.05) is 0 Å². The van der Waals surface area contributed by atoms with E-state index < -0.39 is 16.0 Å². The molecule has 2 aromatic carbocycles. The molecule has 0 radical (unpaired) electrons. The number of rotatable bonds is 8. The van der Waals surface area contributed by atoms with Crippen molar-refractivity contribution in [2.75, 3.05) is 24.6 Å². The predicted octanol–water partition coefficient (Wildman–Crippen LogP) is 1.87. The Morgan fingerprint density at radius 3 is 2.36 bits per heavy atom. The second-order valence-corrected chi connectivity index (χ2v) is 7.99. The Kier molecular flexibility index (Phi) is 5.96. The van der Waals surface area contributed by atoms with Gasteiger partial charge in [-0.3, -0.25) is 4.79 Å². The lowest BCUT2D eigenvalue weighted by Gasteiger charge is -2.16. The lowest BCUT2D eigenvalue weighted by Crippen LogP contribution is -2.28. The van der Waals surface area contributed by atoms with Gasteiger partial charge in [0.1, 0.15) is 12.4 Å². The maximum atomic E-state index is 12.3. The quantitative estimate of drug-likeness (QED) is 0.650. The van der Waals surface area contributed by atoms with Crippen LogP contribution in [0.2, 0.25) is 0 Å². The Balaban J connectivity index is 1.52. The summed E-state index contributed by atoms with van der Waals surface area (Å²) in [4.78, 5) is 24.3. The van der Waals surface area contributed by atoms with Crippen molar-refractivity contribution < 1.29 is 27.9 Å². The van der Waals surface area contributed by atoms with E-state index in [1.165, 1.54) is 36.4 Å². The van der Waals surface area contributed by atoms with Gasteiger partial charge < -0.3 is 14.7 Å². The van der Waals surface area contributed by atoms with Crippen LogP contribution in [0.15, 0.2) is 53.4 Å². The molecule has 1 heterocycles. The second kappa shape index (κ2) is 8.41. The third kappa shape index (κ3) is 4.68. The molecule has 148 valence electrons. The van der Waals surface area contributed by atoms with Gasteiger partial charge >= 0.3 is 5.97 Å². The molecule has 3 rings (SSSR count).